The Morgan fingerprint density at radius 2 is 2.07 bits per heavy atom. The van der Waals surface area contributed by atoms with Gasteiger partial charge in [-0.2, -0.15) is 5.10 Å². The van der Waals surface area contributed by atoms with Crippen LogP contribution in [0.25, 0.3) is 0 Å². The summed E-state index contributed by atoms with van der Waals surface area (Å²) in [5, 5.41) is 7.18. The van der Waals surface area contributed by atoms with E-state index in [0.29, 0.717) is 24.6 Å². The van der Waals surface area contributed by atoms with Crippen molar-refractivity contribution in [1.29, 1.82) is 0 Å². The summed E-state index contributed by atoms with van der Waals surface area (Å²) < 4.78 is 1.13. The van der Waals surface area contributed by atoms with Crippen molar-refractivity contribution in [3.05, 3.63) is 63.0 Å². The van der Waals surface area contributed by atoms with Gasteiger partial charge >= 0.3 is 0 Å². The average Bonchev–Trinajstić information content (AvgIpc) is 3.11. The van der Waals surface area contributed by atoms with Crippen molar-refractivity contribution >= 4 is 28.3 Å². The van der Waals surface area contributed by atoms with Crippen LogP contribution in [0.5, 0.6) is 0 Å². The summed E-state index contributed by atoms with van der Waals surface area (Å²) in [5.41, 5.74) is 1.000. The Labute approximate surface area is 162 Å². The number of amides is 2. The van der Waals surface area contributed by atoms with Gasteiger partial charge in [-0.15, -0.1) is 0 Å². The van der Waals surface area contributed by atoms with Gasteiger partial charge < -0.3 is 4.90 Å². The number of nitrogens with one attached hydrogen (secondary N) is 1. The molecule has 4 heterocycles. The second-order valence-electron chi connectivity index (χ2n) is 6.09. The molecule has 0 saturated carbocycles. The Kier molecular flexibility index (Phi) is 4.65. The van der Waals surface area contributed by atoms with Crippen LogP contribution < -0.4 is 10.9 Å². The molecule has 0 spiro atoms. The molecule has 0 bridgehead atoms. The number of aryl methyl sites for hydroxylation is 1. The molecule has 0 unspecified atom stereocenters. The summed E-state index contributed by atoms with van der Waals surface area (Å²) in [6.07, 6.45) is 4.89. The first-order chi connectivity index (χ1) is 13.5. The third kappa shape index (κ3) is 3.51. The van der Waals surface area contributed by atoms with E-state index in [1.54, 1.807) is 4.90 Å². The minimum Gasteiger partial charge on any atom is -0.332 e. The molecule has 1 aliphatic heterocycles. The van der Waals surface area contributed by atoms with Crippen LogP contribution in [0.4, 0.5) is 5.13 Å². The normalized spacial score (nSPS) is 13.1. The van der Waals surface area contributed by atoms with Crippen LogP contribution in [0, 0.1) is 0 Å². The molecule has 1 aliphatic rings. The number of carbonyl (C=O) groups is 2. The van der Waals surface area contributed by atoms with Gasteiger partial charge in [-0.25, -0.2) is 14.6 Å². The maximum Gasteiger partial charge on any atom is 0.277 e. The van der Waals surface area contributed by atoms with Gasteiger partial charge in [0.15, 0.2) is 5.13 Å². The number of fused-ring (bicyclic) bond motifs is 1. The molecular weight excluding hydrogens is 382 g/mol. The monoisotopic (exact) mass is 397 g/mol. The quantitative estimate of drug-likeness (QED) is 0.682. The molecule has 2 amide bonds. The fourth-order valence-corrected chi connectivity index (χ4v) is 3.80. The zero-order valence-electron chi connectivity index (χ0n) is 14.8. The maximum atomic E-state index is 12.7. The fraction of sp³-hybridized carbons (Fsp3) is 0.235. The molecule has 28 heavy (non-hydrogen) atoms. The van der Waals surface area contributed by atoms with Crippen LogP contribution in [0.1, 0.15) is 31.5 Å². The van der Waals surface area contributed by atoms with E-state index in [2.05, 4.69) is 25.4 Å². The van der Waals surface area contributed by atoms with Crippen LogP contribution in [-0.4, -0.2) is 48.0 Å². The molecule has 0 aliphatic carbocycles. The topological polar surface area (TPSA) is 123 Å². The lowest BCUT2D eigenvalue weighted by molar-refractivity contribution is 0.0727. The molecule has 11 heteroatoms. The maximum absolute atomic E-state index is 12.7. The molecule has 142 valence electrons. The van der Waals surface area contributed by atoms with Gasteiger partial charge in [-0.1, -0.05) is 11.3 Å². The second-order valence-corrected chi connectivity index (χ2v) is 7.17. The van der Waals surface area contributed by atoms with Crippen LogP contribution in [-0.2, 0) is 20.0 Å². The molecule has 3 aromatic rings. The molecule has 4 rings (SSSR count). The van der Waals surface area contributed by atoms with Crippen LogP contribution in [0.15, 0.2) is 35.5 Å². The number of thiazole rings is 1. The Hall–Kier alpha value is -3.47. The highest BCUT2D eigenvalue weighted by Crippen LogP contribution is 2.29. The van der Waals surface area contributed by atoms with Gasteiger partial charge in [0.1, 0.15) is 11.4 Å². The van der Waals surface area contributed by atoms with E-state index in [4.69, 9.17) is 0 Å². The zero-order valence-corrected chi connectivity index (χ0v) is 15.6. The van der Waals surface area contributed by atoms with Gasteiger partial charge in [-0.3, -0.25) is 24.7 Å². The Morgan fingerprint density at radius 3 is 2.82 bits per heavy atom. The third-order valence-corrected chi connectivity index (χ3v) is 5.21. The number of nitrogens with zero attached hydrogens (tertiary/aromatic N) is 6. The van der Waals surface area contributed by atoms with Crippen LogP contribution in [0.2, 0.25) is 0 Å². The minimum absolute atomic E-state index is 0.202. The number of hydrogen-bond donors (Lipinski definition) is 1. The van der Waals surface area contributed by atoms with E-state index in [0.717, 1.165) is 15.3 Å². The highest BCUT2D eigenvalue weighted by atomic mass is 32.1. The highest BCUT2D eigenvalue weighted by Gasteiger charge is 2.26. The minimum atomic E-state index is -0.387. The summed E-state index contributed by atoms with van der Waals surface area (Å²) >= 11 is 1.32. The van der Waals surface area contributed by atoms with E-state index >= 15 is 0 Å². The Morgan fingerprint density at radius 1 is 1.21 bits per heavy atom. The van der Waals surface area contributed by atoms with Crippen molar-refractivity contribution in [1.82, 2.24) is 29.6 Å². The third-order valence-electron chi connectivity index (χ3n) is 4.21. The predicted octanol–water partition coefficient (Wildman–Crippen LogP) is 0.478. The number of aromatic nitrogens is 5. The predicted molar refractivity (Wildman–Crippen MR) is 100 cm³/mol. The van der Waals surface area contributed by atoms with Crippen LogP contribution >= 0.6 is 11.3 Å². The van der Waals surface area contributed by atoms with Gasteiger partial charge in [-0.05, 0) is 6.07 Å². The van der Waals surface area contributed by atoms with Crippen molar-refractivity contribution in [2.45, 2.75) is 13.0 Å². The second kappa shape index (κ2) is 7.27. The standard InChI is InChI=1S/C17H15N7O3S/c1-23-14(25)3-2-11(22-23)16(27)24-7-4-10-13(9-24)28-17(20-10)21-15(26)12-8-18-5-6-19-12/h2-3,5-6,8H,4,7,9H2,1H3,(H,20,21,26). The Balaban J connectivity index is 1.48. The summed E-state index contributed by atoms with van der Waals surface area (Å²) in [6, 6.07) is 2.75. The average molecular weight is 397 g/mol. The van der Waals surface area contributed by atoms with Gasteiger partial charge in [0.05, 0.1) is 18.4 Å². The Bertz CT molecular complexity index is 1110. The zero-order chi connectivity index (χ0) is 19.7. The lowest BCUT2D eigenvalue weighted by atomic mass is 10.1. The van der Waals surface area contributed by atoms with E-state index < -0.39 is 0 Å². The molecule has 1 N–H and O–H groups in total. The van der Waals surface area contributed by atoms with Crippen molar-refractivity contribution < 1.29 is 9.59 Å². The number of carbonyl (C=O) groups excluding carboxylic acids is 2. The first-order valence-electron chi connectivity index (χ1n) is 8.41. The summed E-state index contributed by atoms with van der Waals surface area (Å²) in [5.74, 6) is -0.638. The lowest BCUT2D eigenvalue weighted by Crippen LogP contribution is -2.37. The van der Waals surface area contributed by atoms with Crippen molar-refractivity contribution in [3.8, 4) is 0 Å². The van der Waals surface area contributed by atoms with E-state index in [9.17, 15) is 14.4 Å². The lowest BCUT2D eigenvalue weighted by Gasteiger charge is -2.25. The molecule has 10 nitrogen and oxygen atoms in total. The first-order valence-corrected chi connectivity index (χ1v) is 9.22. The van der Waals surface area contributed by atoms with Crippen molar-refractivity contribution in [2.75, 3.05) is 11.9 Å². The molecule has 0 radical (unpaired) electrons. The summed E-state index contributed by atoms with van der Waals surface area (Å²) in [7, 11) is 1.50. The van der Waals surface area contributed by atoms with Gasteiger partial charge in [0, 0.05) is 43.4 Å². The fourth-order valence-electron chi connectivity index (χ4n) is 2.78. The van der Waals surface area contributed by atoms with Crippen LogP contribution in [0.3, 0.4) is 0 Å². The molecule has 3 aromatic heterocycles. The van der Waals surface area contributed by atoms with Crippen molar-refractivity contribution in [3.63, 3.8) is 0 Å². The van der Waals surface area contributed by atoms with E-state index in [1.807, 2.05) is 0 Å². The van der Waals surface area contributed by atoms with Gasteiger partial charge in [0.25, 0.3) is 17.4 Å². The van der Waals surface area contributed by atoms with E-state index in [1.165, 1.54) is 49.1 Å². The molecule has 0 fully saturated rings. The SMILES string of the molecule is Cn1nc(C(=O)N2CCc3nc(NC(=O)c4cnccn4)sc3C2)ccc1=O. The van der Waals surface area contributed by atoms with E-state index in [-0.39, 0.29) is 28.8 Å². The highest BCUT2D eigenvalue weighted by molar-refractivity contribution is 7.15. The van der Waals surface area contributed by atoms with Crippen molar-refractivity contribution in [2.24, 2.45) is 7.05 Å². The number of rotatable bonds is 3. The summed E-state index contributed by atoms with van der Waals surface area (Å²) in [4.78, 5) is 51.2. The van der Waals surface area contributed by atoms with Gasteiger partial charge in [0.2, 0.25) is 0 Å². The molecule has 0 aromatic carbocycles. The molecular formula is C17H15N7O3S. The first kappa shape index (κ1) is 17.9. The molecule has 0 saturated heterocycles. The smallest absolute Gasteiger partial charge is 0.277 e. The molecule has 0 atom stereocenters. The number of hydrogen-bond acceptors (Lipinski definition) is 8. The summed E-state index contributed by atoms with van der Waals surface area (Å²) in [6.45, 7) is 0.856. The number of anilines is 1. The largest absolute Gasteiger partial charge is 0.332 e.